The minimum absolute atomic E-state index is 0.0892. The molecule has 0 aromatic heterocycles. The Bertz CT molecular complexity index is 863. The molecule has 1 heterocycles. The molecule has 2 aromatic rings. The fraction of sp³-hybridized carbons (Fsp3) is 0.250. The second-order valence-electron chi connectivity index (χ2n) is 6.21. The Kier molecular flexibility index (Phi) is 5.40. The number of nitrogens with zero attached hydrogens (tertiary/aromatic N) is 1. The van der Waals surface area contributed by atoms with Gasteiger partial charge < -0.3 is 20.1 Å². The lowest BCUT2D eigenvalue weighted by atomic mass is 10.1. The summed E-state index contributed by atoms with van der Waals surface area (Å²) < 4.78 is 5.39. The molecule has 2 amide bonds. The molecule has 0 bridgehead atoms. The SMILES string of the molecule is CCOc1ccc(N2C[C@@H](C(=O)Nc3cccc(C(=O)O)c3)CC2=O)cc1. The molecule has 1 aliphatic heterocycles. The number of carbonyl (C=O) groups is 3. The van der Waals surface area contributed by atoms with E-state index in [1.807, 2.05) is 6.92 Å². The van der Waals surface area contributed by atoms with Gasteiger partial charge in [0, 0.05) is 24.3 Å². The van der Waals surface area contributed by atoms with E-state index in [9.17, 15) is 14.4 Å². The summed E-state index contributed by atoms with van der Waals surface area (Å²) >= 11 is 0. The maximum Gasteiger partial charge on any atom is 0.335 e. The van der Waals surface area contributed by atoms with Gasteiger partial charge in [0.2, 0.25) is 11.8 Å². The molecule has 0 radical (unpaired) electrons. The zero-order valence-corrected chi connectivity index (χ0v) is 14.8. The van der Waals surface area contributed by atoms with Gasteiger partial charge in [0.25, 0.3) is 0 Å². The summed E-state index contributed by atoms with van der Waals surface area (Å²) in [5, 5.41) is 11.7. The molecule has 7 nitrogen and oxygen atoms in total. The summed E-state index contributed by atoms with van der Waals surface area (Å²) in [5.74, 6) is -1.28. The summed E-state index contributed by atoms with van der Waals surface area (Å²) in [5.41, 5.74) is 1.20. The highest BCUT2D eigenvalue weighted by atomic mass is 16.5. The number of carboxylic acid groups (broad SMARTS) is 1. The predicted octanol–water partition coefficient (Wildman–Crippen LogP) is 2.78. The van der Waals surface area contributed by atoms with Crippen LogP contribution in [0.25, 0.3) is 0 Å². The van der Waals surface area contributed by atoms with Crippen molar-refractivity contribution in [2.75, 3.05) is 23.4 Å². The highest BCUT2D eigenvalue weighted by Crippen LogP contribution is 2.27. The summed E-state index contributed by atoms with van der Waals surface area (Å²) in [6.45, 7) is 2.73. The number of anilines is 2. The largest absolute Gasteiger partial charge is 0.494 e. The van der Waals surface area contributed by atoms with Crippen LogP contribution in [0.3, 0.4) is 0 Å². The van der Waals surface area contributed by atoms with Crippen molar-refractivity contribution in [1.29, 1.82) is 0 Å². The van der Waals surface area contributed by atoms with Crippen LogP contribution in [0.1, 0.15) is 23.7 Å². The van der Waals surface area contributed by atoms with E-state index >= 15 is 0 Å². The predicted molar refractivity (Wildman–Crippen MR) is 100 cm³/mol. The topological polar surface area (TPSA) is 95.9 Å². The van der Waals surface area contributed by atoms with Crippen LogP contribution in [-0.4, -0.2) is 36.0 Å². The van der Waals surface area contributed by atoms with E-state index in [4.69, 9.17) is 9.84 Å². The number of benzene rings is 2. The van der Waals surface area contributed by atoms with Crippen molar-refractivity contribution in [3.63, 3.8) is 0 Å². The van der Waals surface area contributed by atoms with E-state index in [1.165, 1.54) is 12.1 Å². The molecule has 0 saturated carbocycles. The summed E-state index contributed by atoms with van der Waals surface area (Å²) in [6, 6.07) is 13.2. The first-order valence-electron chi connectivity index (χ1n) is 8.65. The smallest absolute Gasteiger partial charge is 0.335 e. The molecule has 0 aliphatic carbocycles. The van der Waals surface area contributed by atoms with E-state index in [0.29, 0.717) is 18.0 Å². The minimum Gasteiger partial charge on any atom is -0.494 e. The van der Waals surface area contributed by atoms with Crippen LogP contribution in [0, 0.1) is 5.92 Å². The quantitative estimate of drug-likeness (QED) is 0.817. The van der Waals surface area contributed by atoms with Gasteiger partial charge >= 0.3 is 5.97 Å². The first kappa shape index (κ1) is 18.4. The van der Waals surface area contributed by atoms with Crippen molar-refractivity contribution in [3.05, 3.63) is 54.1 Å². The average Bonchev–Trinajstić information content (AvgIpc) is 3.05. The fourth-order valence-corrected chi connectivity index (χ4v) is 3.00. The summed E-state index contributed by atoms with van der Waals surface area (Å²) in [6.07, 6.45) is 0.109. The van der Waals surface area contributed by atoms with Crippen molar-refractivity contribution in [1.82, 2.24) is 0 Å². The summed E-state index contributed by atoms with van der Waals surface area (Å²) in [7, 11) is 0. The molecule has 1 fully saturated rings. The highest BCUT2D eigenvalue weighted by Gasteiger charge is 2.35. The number of rotatable bonds is 6. The van der Waals surface area contributed by atoms with E-state index < -0.39 is 11.9 Å². The number of amides is 2. The number of carboxylic acids is 1. The van der Waals surface area contributed by atoms with Crippen molar-refractivity contribution in [2.24, 2.45) is 5.92 Å². The Morgan fingerprint density at radius 2 is 1.96 bits per heavy atom. The number of hydrogen-bond donors (Lipinski definition) is 2. The van der Waals surface area contributed by atoms with Crippen LogP contribution in [0.2, 0.25) is 0 Å². The molecular formula is C20H20N2O5. The van der Waals surface area contributed by atoms with Crippen molar-refractivity contribution in [2.45, 2.75) is 13.3 Å². The third kappa shape index (κ3) is 4.25. The number of carbonyl (C=O) groups excluding carboxylic acids is 2. The van der Waals surface area contributed by atoms with Crippen LogP contribution in [-0.2, 0) is 9.59 Å². The Balaban J connectivity index is 1.66. The third-order valence-electron chi connectivity index (χ3n) is 4.33. The molecule has 3 rings (SSSR count). The zero-order valence-electron chi connectivity index (χ0n) is 14.8. The molecule has 2 aromatic carbocycles. The average molecular weight is 368 g/mol. The van der Waals surface area contributed by atoms with Gasteiger partial charge in [-0.05, 0) is 49.4 Å². The van der Waals surface area contributed by atoms with Gasteiger partial charge in [0.1, 0.15) is 5.75 Å². The molecule has 27 heavy (non-hydrogen) atoms. The van der Waals surface area contributed by atoms with Crippen LogP contribution >= 0.6 is 0 Å². The summed E-state index contributed by atoms with van der Waals surface area (Å²) in [4.78, 5) is 37.4. The molecule has 0 spiro atoms. The lowest BCUT2D eigenvalue weighted by molar-refractivity contribution is -0.122. The number of aromatic carboxylic acids is 1. The number of ether oxygens (including phenoxy) is 1. The molecule has 0 unspecified atom stereocenters. The van der Waals surface area contributed by atoms with Crippen molar-refractivity contribution in [3.8, 4) is 5.75 Å². The maximum atomic E-state index is 12.5. The standard InChI is InChI=1S/C20H20N2O5/c1-2-27-17-8-6-16(7-9-17)22-12-14(11-18(22)23)19(24)21-15-5-3-4-13(10-15)20(25)26/h3-10,14H,2,11-12H2,1H3,(H,21,24)(H,25,26)/t14-/m0/s1. The lowest BCUT2D eigenvalue weighted by Crippen LogP contribution is -2.28. The number of hydrogen-bond acceptors (Lipinski definition) is 4. The van der Waals surface area contributed by atoms with Crippen LogP contribution in [0.15, 0.2) is 48.5 Å². The van der Waals surface area contributed by atoms with E-state index in [0.717, 1.165) is 5.75 Å². The van der Waals surface area contributed by atoms with Gasteiger partial charge in [-0.3, -0.25) is 9.59 Å². The second kappa shape index (κ2) is 7.90. The first-order chi connectivity index (χ1) is 13.0. The fourth-order valence-electron chi connectivity index (χ4n) is 3.00. The second-order valence-corrected chi connectivity index (χ2v) is 6.21. The van der Waals surface area contributed by atoms with Crippen LogP contribution < -0.4 is 15.0 Å². The van der Waals surface area contributed by atoms with Gasteiger partial charge in [-0.1, -0.05) is 6.07 Å². The molecule has 140 valence electrons. The van der Waals surface area contributed by atoms with Crippen molar-refractivity contribution >= 4 is 29.2 Å². The number of nitrogens with one attached hydrogen (secondary N) is 1. The van der Waals surface area contributed by atoms with Gasteiger partial charge in [-0.15, -0.1) is 0 Å². The molecular weight excluding hydrogens is 348 g/mol. The van der Waals surface area contributed by atoms with E-state index in [-0.39, 0.29) is 30.3 Å². The van der Waals surface area contributed by atoms with Gasteiger partial charge in [-0.25, -0.2) is 4.79 Å². The Morgan fingerprint density at radius 1 is 1.22 bits per heavy atom. The van der Waals surface area contributed by atoms with Gasteiger partial charge in [-0.2, -0.15) is 0 Å². The molecule has 1 atom stereocenters. The highest BCUT2D eigenvalue weighted by molar-refractivity contribution is 6.03. The Hall–Kier alpha value is -3.35. The van der Waals surface area contributed by atoms with Gasteiger partial charge in [0.05, 0.1) is 18.1 Å². The van der Waals surface area contributed by atoms with Crippen LogP contribution in [0.5, 0.6) is 5.75 Å². The Labute approximate surface area is 156 Å². The van der Waals surface area contributed by atoms with E-state index in [1.54, 1.807) is 41.3 Å². The normalized spacial score (nSPS) is 16.3. The molecule has 2 N–H and O–H groups in total. The van der Waals surface area contributed by atoms with Gasteiger partial charge in [0.15, 0.2) is 0 Å². The molecule has 7 heteroatoms. The zero-order chi connectivity index (χ0) is 19.4. The third-order valence-corrected chi connectivity index (χ3v) is 4.33. The maximum absolute atomic E-state index is 12.5. The lowest BCUT2D eigenvalue weighted by Gasteiger charge is -2.17. The Morgan fingerprint density at radius 3 is 2.63 bits per heavy atom. The monoisotopic (exact) mass is 368 g/mol. The van der Waals surface area contributed by atoms with E-state index in [2.05, 4.69) is 5.32 Å². The molecule has 1 saturated heterocycles. The molecule has 1 aliphatic rings. The minimum atomic E-state index is -1.07. The van der Waals surface area contributed by atoms with Crippen LogP contribution in [0.4, 0.5) is 11.4 Å². The first-order valence-corrected chi connectivity index (χ1v) is 8.65. The van der Waals surface area contributed by atoms with Crippen molar-refractivity contribution < 1.29 is 24.2 Å².